The molecule has 4 nitrogen and oxygen atoms in total. The monoisotopic (exact) mass is 263 g/mol. The highest BCUT2D eigenvalue weighted by Crippen LogP contribution is 2.28. The zero-order valence-corrected chi connectivity index (χ0v) is 11.2. The molecule has 2 rings (SSSR count). The number of imidazole rings is 1. The van der Waals surface area contributed by atoms with Crippen LogP contribution in [0.2, 0.25) is 0 Å². The number of rotatable bonds is 5. The first-order valence-electron chi connectivity index (χ1n) is 6.36. The molecule has 0 bridgehead atoms. The van der Waals surface area contributed by atoms with Crippen LogP contribution >= 0.6 is 0 Å². The lowest BCUT2D eigenvalue weighted by molar-refractivity contribution is 0.0186. The van der Waals surface area contributed by atoms with Crippen molar-refractivity contribution in [2.45, 2.75) is 31.8 Å². The van der Waals surface area contributed by atoms with E-state index in [1.165, 1.54) is 12.1 Å². The number of nitrogens with zero attached hydrogens (tertiary/aromatic N) is 3. The maximum absolute atomic E-state index is 12.9. The molecule has 5 heteroatoms. The lowest BCUT2D eigenvalue weighted by Gasteiger charge is -2.26. The zero-order chi connectivity index (χ0) is 13.9. The summed E-state index contributed by atoms with van der Waals surface area (Å²) in [7, 11) is 1.92. The maximum Gasteiger partial charge on any atom is 0.141 e. The van der Waals surface area contributed by atoms with E-state index in [0.29, 0.717) is 25.0 Å². The van der Waals surface area contributed by atoms with Gasteiger partial charge in [0, 0.05) is 25.9 Å². The van der Waals surface area contributed by atoms with E-state index in [4.69, 9.17) is 0 Å². The molecule has 2 aromatic rings. The van der Waals surface area contributed by atoms with Gasteiger partial charge in [-0.1, -0.05) is 6.92 Å². The summed E-state index contributed by atoms with van der Waals surface area (Å²) >= 11 is 0. The fourth-order valence-corrected chi connectivity index (χ4v) is 2.09. The molecule has 102 valence electrons. The number of aliphatic hydroxyl groups is 1. The first-order chi connectivity index (χ1) is 9.05. The van der Waals surface area contributed by atoms with Crippen molar-refractivity contribution in [3.05, 3.63) is 48.1 Å². The van der Waals surface area contributed by atoms with Crippen LogP contribution in [0.15, 0.2) is 30.7 Å². The first kappa shape index (κ1) is 13.7. The van der Waals surface area contributed by atoms with Gasteiger partial charge in [0.25, 0.3) is 0 Å². The molecule has 19 heavy (non-hydrogen) atoms. The average Bonchev–Trinajstić information content (AvgIpc) is 2.82. The predicted molar refractivity (Wildman–Crippen MR) is 69.9 cm³/mol. The molecule has 0 saturated heterocycles. The van der Waals surface area contributed by atoms with Crippen molar-refractivity contribution in [2.24, 2.45) is 7.05 Å². The molecule has 1 atom stereocenters. The third-order valence-corrected chi connectivity index (χ3v) is 3.47. The second-order valence-corrected chi connectivity index (χ2v) is 4.70. The smallest absolute Gasteiger partial charge is 0.141 e. The molecule has 0 amide bonds. The van der Waals surface area contributed by atoms with E-state index in [1.807, 2.05) is 24.7 Å². The van der Waals surface area contributed by atoms with Gasteiger partial charge in [-0.3, -0.25) is 4.98 Å². The Labute approximate surface area is 111 Å². The molecular formula is C14H18FN3O. The quantitative estimate of drug-likeness (QED) is 0.899. The fourth-order valence-electron chi connectivity index (χ4n) is 2.09. The number of pyridine rings is 1. The van der Waals surface area contributed by atoms with Crippen molar-refractivity contribution in [1.29, 1.82) is 0 Å². The summed E-state index contributed by atoms with van der Waals surface area (Å²) in [5.41, 5.74) is -0.537. The molecule has 0 aliphatic carbocycles. The average molecular weight is 263 g/mol. The predicted octanol–water partition coefficient (Wildman–Crippen LogP) is 2.18. The molecule has 0 spiro atoms. The normalized spacial score (nSPS) is 14.3. The molecule has 0 saturated carbocycles. The van der Waals surface area contributed by atoms with Crippen molar-refractivity contribution in [2.75, 3.05) is 0 Å². The van der Waals surface area contributed by atoms with Crippen LogP contribution in [0.3, 0.4) is 0 Å². The van der Waals surface area contributed by atoms with Crippen molar-refractivity contribution < 1.29 is 9.50 Å². The van der Waals surface area contributed by atoms with Gasteiger partial charge in [0.2, 0.25) is 0 Å². The van der Waals surface area contributed by atoms with Crippen LogP contribution in [-0.4, -0.2) is 19.6 Å². The SMILES string of the molecule is CCC(O)(CCc1nccn1C)c1ccc(F)cn1. The standard InChI is InChI=1S/C14H18FN3O/c1-3-14(19,12-5-4-11(15)10-17-12)7-6-13-16-8-9-18(13)2/h4-5,8-10,19H,3,6-7H2,1-2H3. The van der Waals surface area contributed by atoms with Crippen LogP contribution in [0.25, 0.3) is 0 Å². The number of hydrogen-bond donors (Lipinski definition) is 1. The number of hydrogen-bond acceptors (Lipinski definition) is 3. The second kappa shape index (κ2) is 5.48. The Morgan fingerprint density at radius 1 is 1.37 bits per heavy atom. The Kier molecular flexibility index (Phi) is 3.95. The molecule has 0 aliphatic heterocycles. The van der Waals surface area contributed by atoms with E-state index in [1.54, 1.807) is 6.20 Å². The van der Waals surface area contributed by atoms with Gasteiger partial charge in [0.1, 0.15) is 17.2 Å². The molecule has 1 unspecified atom stereocenters. The van der Waals surface area contributed by atoms with E-state index < -0.39 is 11.4 Å². The molecule has 1 N–H and O–H groups in total. The minimum absolute atomic E-state index is 0.397. The highest BCUT2D eigenvalue weighted by molar-refractivity contribution is 5.14. The number of aryl methyl sites for hydroxylation is 2. The van der Waals surface area contributed by atoms with Gasteiger partial charge in [-0.15, -0.1) is 0 Å². The Morgan fingerprint density at radius 2 is 2.16 bits per heavy atom. The summed E-state index contributed by atoms with van der Waals surface area (Å²) in [5, 5.41) is 10.6. The summed E-state index contributed by atoms with van der Waals surface area (Å²) in [6.07, 6.45) is 6.42. The molecule has 0 radical (unpaired) electrons. The second-order valence-electron chi connectivity index (χ2n) is 4.70. The van der Waals surface area contributed by atoms with Gasteiger partial charge >= 0.3 is 0 Å². The van der Waals surface area contributed by atoms with E-state index in [0.717, 1.165) is 12.0 Å². The van der Waals surface area contributed by atoms with Gasteiger partial charge in [0.05, 0.1) is 11.9 Å². The van der Waals surface area contributed by atoms with Crippen LogP contribution in [0.4, 0.5) is 4.39 Å². The van der Waals surface area contributed by atoms with Crippen LogP contribution < -0.4 is 0 Å². The van der Waals surface area contributed by atoms with Gasteiger partial charge < -0.3 is 9.67 Å². The van der Waals surface area contributed by atoms with Crippen molar-refractivity contribution in [3.63, 3.8) is 0 Å². The molecular weight excluding hydrogens is 245 g/mol. The Morgan fingerprint density at radius 3 is 2.68 bits per heavy atom. The third kappa shape index (κ3) is 2.98. The van der Waals surface area contributed by atoms with Crippen LogP contribution in [0.1, 0.15) is 31.3 Å². The van der Waals surface area contributed by atoms with E-state index in [2.05, 4.69) is 9.97 Å². The van der Waals surface area contributed by atoms with E-state index in [-0.39, 0.29) is 0 Å². The van der Waals surface area contributed by atoms with Crippen LogP contribution in [0.5, 0.6) is 0 Å². The van der Waals surface area contributed by atoms with Crippen LogP contribution in [-0.2, 0) is 19.1 Å². The van der Waals surface area contributed by atoms with Crippen molar-refractivity contribution >= 4 is 0 Å². The fraction of sp³-hybridized carbons (Fsp3) is 0.429. The Balaban J connectivity index is 2.14. The first-order valence-corrected chi connectivity index (χ1v) is 6.36. The van der Waals surface area contributed by atoms with Crippen LogP contribution in [0, 0.1) is 5.82 Å². The summed E-state index contributed by atoms with van der Waals surface area (Å²) in [5.74, 6) is 0.514. The lowest BCUT2D eigenvalue weighted by atomic mass is 9.90. The van der Waals surface area contributed by atoms with Crippen molar-refractivity contribution in [3.8, 4) is 0 Å². The number of aromatic nitrogens is 3. The van der Waals surface area contributed by atoms with Gasteiger partial charge in [-0.25, -0.2) is 9.37 Å². The summed E-state index contributed by atoms with van der Waals surface area (Å²) < 4.78 is 14.8. The zero-order valence-electron chi connectivity index (χ0n) is 11.2. The summed E-state index contributed by atoms with van der Waals surface area (Å²) in [6.45, 7) is 1.89. The van der Waals surface area contributed by atoms with E-state index >= 15 is 0 Å². The molecule has 0 fully saturated rings. The number of halogens is 1. The molecule has 2 heterocycles. The Hall–Kier alpha value is -1.75. The minimum atomic E-state index is -1.04. The van der Waals surface area contributed by atoms with Gasteiger partial charge in [0.15, 0.2) is 0 Å². The Bertz CT molecular complexity index is 538. The largest absolute Gasteiger partial charge is 0.384 e. The summed E-state index contributed by atoms with van der Waals surface area (Å²) in [4.78, 5) is 8.22. The van der Waals surface area contributed by atoms with Gasteiger partial charge in [-0.05, 0) is 25.0 Å². The third-order valence-electron chi connectivity index (χ3n) is 3.47. The lowest BCUT2D eigenvalue weighted by Crippen LogP contribution is -2.27. The topological polar surface area (TPSA) is 50.9 Å². The maximum atomic E-state index is 12.9. The highest BCUT2D eigenvalue weighted by atomic mass is 19.1. The molecule has 2 aromatic heterocycles. The van der Waals surface area contributed by atoms with E-state index in [9.17, 15) is 9.50 Å². The van der Waals surface area contributed by atoms with Gasteiger partial charge in [-0.2, -0.15) is 0 Å². The molecule has 0 aliphatic rings. The highest BCUT2D eigenvalue weighted by Gasteiger charge is 2.28. The minimum Gasteiger partial charge on any atom is -0.384 e. The molecule has 0 aromatic carbocycles. The van der Waals surface area contributed by atoms with Crippen molar-refractivity contribution in [1.82, 2.24) is 14.5 Å². The summed E-state index contributed by atoms with van der Waals surface area (Å²) in [6, 6.07) is 2.86.